The first-order valence-corrected chi connectivity index (χ1v) is 11.1. The minimum atomic E-state index is 0.0404. The molecule has 0 radical (unpaired) electrons. The van der Waals surface area contributed by atoms with E-state index in [1.54, 1.807) is 18.5 Å². The lowest BCUT2D eigenvalue weighted by Crippen LogP contribution is -2.61. The molecule has 0 unspecified atom stereocenters. The van der Waals surface area contributed by atoms with Crippen LogP contribution in [0.25, 0.3) is 21.7 Å². The number of benzene rings is 1. The van der Waals surface area contributed by atoms with Crippen molar-refractivity contribution < 1.29 is 5.11 Å². The zero-order valence-electron chi connectivity index (χ0n) is 17.8. The van der Waals surface area contributed by atoms with E-state index in [1.807, 2.05) is 6.07 Å². The van der Waals surface area contributed by atoms with Gasteiger partial charge in [0.2, 0.25) is 5.13 Å². The molecule has 4 rings (SSSR count). The molecule has 1 aliphatic heterocycles. The predicted octanol–water partition coefficient (Wildman–Crippen LogP) is 4.70. The molecule has 3 heterocycles. The lowest BCUT2D eigenvalue weighted by molar-refractivity contribution is 0.161. The van der Waals surface area contributed by atoms with Crippen molar-refractivity contribution in [2.24, 2.45) is 0 Å². The number of aromatic amines is 1. The SMILES string of the molecule is CN(c1nnc(-c2c(O)cc(-c3cn[nH]c3)cc2Cl)s1)C1CC(C)(C)NC(C)(C)C1. The maximum Gasteiger partial charge on any atom is 0.208 e. The number of rotatable bonds is 4. The van der Waals surface area contributed by atoms with Gasteiger partial charge in [-0.05, 0) is 58.2 Å². The molecule has 0 aliphatic carbocycles. The van der Waals surface area contributed by atoms with Gasteiger partial charge in [-0.2, -0.15) is 5.10 Å². The molecular formula is C21H27ClN6OS. The molecule has 3 aromatic rings. The van der Waals surface area contributed by atoms with Gasteiger partial charge in [-0.3, -0.25) is 5.10 Å². The first-order valence-electron chi connectivity index (χ1n) is 9.92. The molecule has 7 nitrogen and oxygen atoms in total. The Hall–Kier alpha value is -2.16. The monoisotopic (exact) mass is 446 g/mol. The van der Waals surface area contributed by atoms with Gasteiger partial charge in [0.05, 0.1) is 16.8 Å². The summed E-state index contributed by atoms with van der Waals surface area (Å²) in [7, 11) is 2.07. The molecule has 9 heteroatoms. The van der Waals surface area contributed by atoms with Crippen molar-refractivity contribution in [2.45, 2.75) is 57.7 Å². The summed E-state index contributed by atoms with van der Waals surface area (Å²) in [5.41, 5.74) is 2.23. The maximum atomic E-state index is 10.7. The van der Waals surface area contributed by atoms with Crippen molar-refractivity contribution in [2.75, 3.05) is 11.9 Å². The Morgan fingerprint density at radius 2 is 1.83 bits per heavy atom. The number of halogens is 1. The second kappa shape index (κ2) is 7.51. The van der Waals surface area contributed by atoms with Gasteiger partial charge in [-0.25, -0.2) is 0 Å². The molecule has 0 amide bonds. The number of aromatic hydroxyl groups is 1. The van der Waals surface area contributed by atoms with Crippen molar-refractivity contribution in [3.63, 3.8) is 0 Å². The van der Waals surface area contributed by atoms with Gasteiger partial charge in [0.15, 0.2) is 5.01 Å². The van der Waals surface area contributed by atoms with Gasteiger partial charge in [0.25, 0.3) is 0 Å². The standard InChI is InChI=1S/C21H27ClN6OS/c1-20(2)8-14(9-21(3,4)27-20)28(5)19-26-25-18(30-19)17-15(22)6-12(7-16(17)29)13-10-23-24-11-13/h6-7,10-11,14,27,29H,8-9H2,1-5H3,(H,23,24). The third-order valence-corrected chi connectivity index (χ3v) is 6.88. The van der Waals surface area contributed by atoms with Crippen LogP contribution in [-0.2, 0) is 0 Å². The number of phenols is 1. The molecule has 1 aromatic carbocycles. The van der Waals surface area contributed by atoms with E-state index in [2.05, 4.69) is 65.4 Å². The summed E-state index contributed by atoms with van der Waals surface area (Å²) >= 11 is 7.96. The molecule has 2 aromatic heterocycles. The molecule has 30 heavy (non-hydrogen) atoms. The number of piperidine rings is 1. The Bertz CT molecular complexity index is 1010. The number of anilines is 1. The van der Waals surface area contributed by atoms with Gasteiger partial charge in [0.1, 0.15) is 5.75 Å². The van der Waals surface area contributed by atoms with Crippen molar-refractivity contribution in [1.82, 2.24) is 25.7 Å². The zero-order chi connectivity index (χ0) is 21.7. The minimum Gasteiger partial charge on any atom is -0.507 e. The number of hydrogen-bond acceptors (Lipinski definition) is 7. The summed E-state index contributed by atoms with van der Waals surface area (Å²) < 4.78 is 0. The lowest BCUT2D eigenvalue weighted by atomic mass is 9.79. The van der Waals surface area contributed by atoms with E-state index in [4.69, 9.17) is 11.6 Å². The van der Waals surface area contributed by atoms with Crippen LogP contribution in [0.1, 0.15) is 40.5 Å². The highest BCUT2D eigenvalue weighted by molar-refractivity contribution is 7.18. The second-order valence-corrected chi connectivity index (χ2v) is 10.7. The van der Waals surface area contributed by atoms with E-state index in [9.17, 15) is 5.11 Å². The number of hydrogen-bond donors (Lipinski definition) is 3. The predicted molar refractivity (Wildman–Crippen MR) is 122 cm³/mol. The average molecular weight is 447 g/mol. The van der Waals surface area contributed by atoms with Gasteiger partial charge in [-0.1, -0.05) is 22.9 Å². The van der Waals surface area contributed by atoms with Gasteiger partial charge < -0.3 is 15.3 Å². The molecule has 0 bridgehead atoms. The third kappa shape index (κ3) is 4.17. The number of nitrogens with one attached hydrogen (secondary N) is 2. The minimum absolute atomic E-state index is 0.0404. The molecule has 1 fully saturated rings. The maximum absolute atomic E-state index is 10.7. The molecule has 1 saturated heterocycles. The Labute approximate surface area is 185 Å². The van der Waals surface area contributed by atoms with E-state index >= 15 is 0 Å². The summed E-state index contributed by atoms with van der Waals surface area (Å²) in [6.45, 7) is 8.94. The van der Waals surface area contributed by atoms with E-state index in [1.165, 1.54) is 11.3 Å². The Balaban J connectivity index is 1.61. The fourth-order valence-electron chi connectivity index (χ4n) is 4.54. The summed E-state index contributed by atoms with van der Waals surface area (Å²) in [4.78, 5) is 2.20. The molecule has 3 N–H and O–H groups in total. The van der Waals surface area contributed by atoms with Gasteiger partial charge in [0, 0.05) is 35.9 Å². The van der Waals surface area contributed by atoms with E-state index < -0.39 is 0 Å². The van der Waals surface area contributed by atoms with Crippen LogP contribution in [0.15, 0.2) is 24.5 Å². The quantitative estimate of drug-likeness (QED) is 0.538. The Morgan fingerprint density at radius 1 is 1.13 bits per heavy atom. The van der Waals surface area contributed by atoms with Gasteiger partial charge >= 0.3 is 0 Å². The Kier molecular flexibility index (Phi) is 5.28. The van der Waals surface area contributed by atoms with Crippen molar-refractivity contribution >= 4 is 28.1 Å². The molecule has 0 saturated carbocycles. The zero-order valence-corrected chi connectivity index (χ0v) is 19.4. The van der Waals surface area contributed by atoms with Crippen LogP contribution in [0.2, 0.25) is 5.02 Å². The summed E-state index contributed by atoms with van der Waals surface area (Å²) in [5, 5.41) is 31.7. The van der Waals surface area contributed by atoms with Crippen LogP contribution in [0.3, 0.4) is 0 Å². The van der Waals surface area contributed by atoms with Crippen LogP contribution in [-0.4, -0.2) is 49.7 Å². The van der Waals surface area contributed by atoms with E-state index in [0.717, 1.165) is 29.1 Å². The topological polar surface area (TPSA) is 90.0 Å². The molecule has 0 atom stereocenters. The fourth-order valence-corrected chi connectivity index (χ4v) is 5.84. The van der Waals surface area contributed by atoms with Crippen molar-refractivity contribution in [3.05, 3.63) is 29.5 Å². The van der Waals surface area contributed by atoms with Gasteiger partial charge in [-0.15, -0.1) is 10.2 Å². The van der Waals surface area contributed by atoms with Crippen LogP contribution in [0.4, 0.5) is 5.13 Å². The van der Waals surface area contributed by atoms with E-state index in [0.29, 0.717) is 21.6 Å². The molecule has 0 spiro atoms. The Morgan fingerprint density at radius 3 is 2.43 bits per heavy atom. The molecular weight excluding hydrogens is 420 g/mol. The normalized spacial score (nSPS) is 18.5. The van der Waals surface area contributed by atoms with Crippen LogP contribution < -0.4 is 10.2 Å². The highest BCUT2D eigenvalue weighted by Crippen LogP contribution is 2.42. The number of aromatic nitrogens is 4. The van der Waals surface area contributed by atoms with Crippen LogP contribution >= 0.6 is 22.9 Å². The smallest absolute Gasteiger partial charge is 0.208 e. The summed E-state index contributed by atoms with van der Waals surface area (Å²) in [6, 6.07) is 3.82. The third-order valence-electron chi connectivity index (χ3n) is 5.55. The average Bonchev–Trinajstić information content (AvgIpc) is 3.30. The molecule has 1 aliphatic rings. The highest BCUT2D eigenvalue weighted by Gasteiger charge is 2.39. The first-order chi connectivity index (χ1) is 14.0. The lowest BCUT2D eigenvalue weighted by Gasteiger charge is -2.48. The fraction of sp³-hybridized carbons (Fsp3) is 0.476. The first kappa shape index (κ1) is 21.1. The summed E-state index contributed by atoms with van der Waals surface area (Å²) in [5.74, 6) is 0.0770. The number of phenolic OH excluding ortho intramolecular Hbond substituents is 1. The van der Waals surface area contributed by atoms with Crippen LogP contribution in [0, 0.1) is 0 Å². The number of H-pyrrole nitrogens is 1. The highest BCUT2D eigenvalue weighted by atomic mass is 35.5. The van der Waals surface area contributed by atoms with Crippen LogP contribution in [0.5, 0.6) is 5.75 Å². The number of nitrogens with zero attached hydrogens (tertiary/aromatic N) is 4. The van der Waals surface area contributed by atoms with E-state index in [-0.39, 0.29) is 16.8 Å². The largest absolute Gasteiger partial charge is 0.507 e. The van der Waals surface area contributed by atoms with Crippen molar-refractivity contribution in [1.29, 1.82) is 0 Å². The second-order valence-electron chi connectivity index (χ2n) is 9.29. The van der Waals surface area contributed by atoms with Crippen molar-refractivity contribution in [3.8, 4) is 27.4 Å². The summed E-state index contributed by atoms with van der Waals surface area (Å²) in [6.07, 6.45) is 5.45. The molecule has 160 valence electrons.